The summed E-state index contributed by atoms with van der Waals surface area (Å²) < 4.78 is 28.5. The molecule has 2 heterocycles. The number of rotatable bonds is 2. The van der Waals surface area contributed by atoms with Crippen LogP contribution < -0.4 is 5.32 Å². The van der Waals surface area contributed by atoms with Gasteiger partial charge in [-0.15, -0.1) is 4.40 Å². The Morgan fingerprint density at radius 3 is 2.62 bits per heavy atom. The highest BCUT2D eigenvalue weighted by Crippen LogP contribution is 2.30. The van der Waals surface area contributed by atoms with Crippen LogP contribution in [0, 0.1) is 5.92 Å². The summed E-state index contributed by atoms with van der Waals surface area (Å²) in [5.41, 5.74) is 1.39. The SMILES string of the molecule is O=C(Nc1ccccc1)[C@H]1CCCN(C2=NS(=O)(=O)c3ccccc32)C1. The third-order valence-corrected chi connectivity index (χ3v) is 6.07. The van der Waals surface area contributed by atoms with Crippen LogP contribution in [-0.4, -0.2) is 38.2 Å². The number of piperidine rings is 1. The predicted molar refractivity (Wildman–Crippen MR) is 99.5 cm³/mol. The lowest BCUT2D eigenvalue weighted by Crippen LogP contribution is -2.43. The van der Waals surface area contributed by atoms with Gasteiger partial charge in [-0.1, -0.05) is 30.3 Å². The smallest absolute Gasteiger partial charge is 0.285 e. The fraction of sp³-hybridized carbons (Fsp3) is 0.263. The monoisotopic (exact) mass is 369 g/mol. The van der Waals surface area contributed by atoms with Crippen molar-refractivity contribution >= 4 is 27.5 Å². The van der Waals surface area contributed by atoms with Gasteiger partial charge in [-0.05, 0) is 37.1 Å². The molecule has 2 aromatic carbocycles. The maximum Gasteiger partial charge on any atom is 0.285 e. The fourth-order valence-electron chi connectivity index (χ4n) is 3.47. The summed E-state index contributed by atoms with van der Waals surface area (Å²) in [6, 6.07) is 16.2. The summed E-state index contributed by atoms with van der Waals surface area (Å²) in [6.07, 6.45) is 1.59. The molecule has 0 aliphatic carbocycles. The molecule has 0 saturated carbocycles. The number of nitrogens with zero attached hydrogens (tertiary/aromatic N) is 2. The molecule has 1 amide bonds. The standard InChI is InChI=1S/C19H19N3O3S/c23-19(20-15-8-2-1-3-9-15)14-7-6-12-22(13-14)18-16-10-4-5-11-17(16)26(24,25)21-18/h1-5,8-11,14H,6-7,12-13H2,(H,20,23)/t14-/m0/s1. The number of hydrogen-bond donors (Lipinski definition) is 1. The zero-order valence-corrected chi connectivity index (χ0v) is 14.9. The van der Waals surface area contributed by atoms with Gasteiger partial charge in [0.15, 0.2) is 5.84 Å². The van der Waals surface area contributed by atoms with Gasteiger partial charge in [-0.2, -0.15) is 8.42 Å². The molecule has 0 radical (unpaired) electrons. The Hall–Kier alpha value is -2.67. The summed E-state index contributed by atoms with van der Waals surface area (Å²) >= 11 is 0. The first-order valence-electron chi connectivity index (χ1n) is 8.60. The number of carbonyl (C=O) groups excluding carboxylic acids is 1. The first-order chi connectivity index (χ1) is 12.5. The van der Waals surface area contributed by atoms with Crippen LogP contribution in [0.2, 0.25) is 0 Å². The molecule has 7 heteroatoms. The molecule has 1 N–H and O–H groups in total. The number of benzene rings is 2. The predicted octanol–water partition coefficient (Wildman–Crippen LogP) is 2.49. The quantitative estimate of drug-likeness (QED) is 0.882. The number of anilines is 1. The molecular weight excluding hydrogens is 350 g/mol. The van der Waals surface area contributed by atoms with E-state index in [1.165, 1.54) is 0 Å². The molecule has 1 fully saturated rings. The average molecular weight is 369 g/mol. The van der Waals surface area contributed by atoms with E-state index in [0.29, 0.717) is 24.5 Å². The molecule has 2 aliphatic heterocycles. The van der Waals surface area contributed by atoms with Crippen LogP contribution in [0.15, 0.2) is 63.9 Å². The van der Waals surface area contributed by atoms with Gasteiger partial charge in [0.1, 0.15) is 4.90 Å². The number of sulfonamides is 1. The van der Waals surface area contributed by atoms with Crippen molar-refractivity contribution in [2.75, 3.05) is 18.4 Å². The molecule has 0 aromatic heterocycles. The molecule has 1 saturated heterocycles. The highest BCUT2D eigenvalue weighted by atomic mass is 32.2. The summed E-state index contributed by atoms with van der Waals surface area (Å²) in [6.45, 7) is 1.15. The van der Waals surface area contributed by atoms with Crippen molar-refractivity contribution in [2.24, 2.45) is 10.3 Å². The molecule has 4 rings (SSSR count). The van der Waals surface area contributed by atoms with Gasteiger partial charge in [0.2, 0.25) is 5.91 Å². The maximum absolute atomic E-state index is 12.6. The first kappa shape index (κ1) is 16.8. The van der Waals surface area contributed by atoms with Crippen LogP contribution in [-0.2, 0) is 14.8 Å². The summed E-state index contributed by atoms with van der Waals surface area (Å²) in [4.78, 5) is 14.8. The zero-order chi connectivity index (χ0) is 18.1. The Morgan fingerprint density at radius 1 is 1.08 bits per heavy atom. The van der Waals surface area contributed by atoms with E-state index in [1.54, 1.807) is 24.3 Å². The van der Waals surface area contributed by atoms with Gasteiger partial charge < -0.3 is 10.2 Å². The number of fused-ring (bicyclic) bond motifs is 1. The van der Waals surface area contributed by atoms with Gasteiger partial charge in [-0.3, -0.25) is 4.79 Å². The van der Waals surface area contributed by atoms with E-state index in [0.717, 1.165) is 18.5 Å². The second kappa shape index (κ2) is 6.57. The van der Waals surface area contributed by atoms with Crippen molar-refractivity contribution in [3.8, 4) is 0 Å². The van der Waals surface area contributed by atoms with Crippen molar-refractivity contribution in [1.82, 2.24) is 4.90 Å². The van der Waals surface area contributed by atoms with E-state index in [1.807, 2.05) is 35.2 Å². The molecule has 0 unspecified atom stereocenters. The fourth-order valence-corrected chi connectivity index (χ4v) is 4.69. The lowest BCUT2D eigenvalue weighted by Gasteiger charge is -2.33. The van der Waals surface area contributed by atoms with Crippen molar-refractivity contribution < 1.29 is 13.2 Å². The van der Waals surface area contributed by atoms with E-state index in [4.69, 9.17) is 0 Å². The van der Waals surface area contributed by atoms with Crippen LogP contribution in [0.4, 0.5) is 5.69 Å². The van der Waals surface area contributed by atoms with Crippen LogP contribution in [0.3, 0.4) is 0 Å². The molecule has 2 aliphatic rings. The highest BCUT2D eigenvalue weighted by molar-refractivity contribution is 7.90. The number of nitrogens with one attached hydrogen (secondary N) is 1. The van der Waals surface area contributed by atoms with E-state index < -0.39 is 10.0 Å². The second-order valence-corrected chi connectivity index (χ2v) is 8.10. The Bertz CT molecular complexity index is 971. The molecule has 0 spiro atoms. The lowest BCUT2D eigenvalue weighted by atomic mass is 9.96. The summed E-state index contributed by atoms with van der Waals surface area (Å²) in [5.74, 6) is 0.204. The second-order valence-electron chi connectivity index (χ2n) is 6.53. The Kier molecular flexibility index (Phi) is 4.24. The van der Waals surface area contributed by atoms with E-state index in [2.05, 4.69) is 9.71 Å². The molecule has 0 bridgehead atoms. The lowest BCUT2D eigenvalue weighted by molar-refractivity contribution is -0.121. The van der Waals surface area contributed by atoms with Gasteiger partial charge >= 0.3 is 0 Å². The first-order valence-corrected chi connectivity index (χ1v) is 10.0. The number of para-hydroxylation sites is 1. The van der Waals surface area contributed by atoms with Crippen molar-refractivity contribution in [2.45, 2.75) is 17.7 Å². The number of likely N-dealkylation sites (tertiary alicyclic amines) is 1. The van der Waals surface area contributed by atoms with Crippen molar-refractivity contribution in [3.05, 3.63) is 60.2 Å². The van der Waals surface area contributed by atoms with Crippen LogP contribution >= 0.6 is 0 Å². The molecule has 1 atom stereocenters. The summed E-state index contributed by atoms with van der Waals surface area (Å²) in [7, 11) is -3.64. The number of hydrogen-bond acceptors (Lipinski definition) is 4. The Morgan fingerprint density at radius 2 is 1.81 bits per heavy atom. The highest BCUT2D eigenvalue weighted by Gasteiger charge is 2.35. The molecule has 6 nitrogen and oxygen atoms in total. The minimum atomic E-state index is -3.64. The van der Waals surface area contributed by atoms with Crippen LogP contribution in [0.25, 0.3) is 0 Å². The number of amidine groups is 1. The molecular formula is C19H19N3O3S. The largest absolute Gasteiger partial charge is 0.355 e. The zero-order valence-electron chi connectivity index (χ0n) is 14.1. The topological polar surface area (TPSA) is 78.8 Å². The number of carbonyl (C=O) groups is 1. The van der Waals surface area contributed by atoms with Crippen molar-refractivity contribution in [1.29, 1.82) is 0 Å². The van der Waals surface area contributed by atoms with Gasteiger partial charge in [0.05, 0.1) is 5.92 Å². The Balaban J connectivity index is 1.54. The van der Waals surface area contributed by atoms with Crippen LogP contribution in [0.1, 0.15) is 18.4 Å². The average Bonchev–Trinajstić information content (AvgIpc) is 2.94. The van der Waals surface area contributed by atoms with Gasteiger partial charge in [0.25, 0.3) is 10.0 Å². The molecule has 2 aromatic rings. The van der Waals surface area contributed by atoms with Gasteiger partial charge in [-0.25, -0.2) is 0 Å². The van der Waals surface area contributed by atoms with E-state index in [-0.39, 0.29) is 16.7 Å². The minimum absolute atomic E-state index is 0.0457. The molecule has 134 valence electrons. The van der Waals surface area contributed by atoms with Crippen molar-refractivity contribution in [3.63, 3.8) is 0 Å². The van der Waals surface area contributed by atoms with E-state index >= 15 is 0 Å². The third kappa shape index (κ3) is 3.10. The third-order valence-electron chi connectivity index (χ3n) is 4.75. The minimum Gasteiger partial charge on any atom is -0.355 e. The Labute approximate surface area is 152 Å². The van der Waals surface area contributed by atoms with Crippen LogP contribution in [0.5, 0.6) is 0 Å². The van der Waals surface area contributed by atoms with Gasteiger partial charge in [0, 0.05) is 24.3 Å². The van der Waals surface area contributed by atoms with E-state index in [9.17, 15) is 13.2 Å². The summed E-state index contributed by atoms with van der Waals surface area (Å²) in [5, 5.41) is 2.93. The number of amides is 1. The molecule has 26 heavy (non-hydrogen) atoms. The normalized spacial score (nSPS) is 21.0. The maximum atomic E-state index is 12.6.